The Kier molecular flexibility index (Phi) is 3.95. The summed E-state index contributed by atoms with van der Waals surface area (Å²) < 4.78 is 1.69. The number of aromatic nitrogens is 4. The lowest BCUT2D eigenvalue weighted by Gasteiger charge is -2.19. The molecule has 1 aliphatic rings. The number of likely N-dealkylation sites (N-methyl/N-ethyl adjacent to an activating group) is 1. The molecular weight excluding hydrogens is 242 g/mol. The van der Waals surface area contributed by atoms with E-state index in [9.17, 15) is 4.79 Å². The number of carboxylic acid groups (broad SMARTS) is 1. The minimum absolute atomic E-state index is 0.0130. The largest absolute Gasteiger partial charge is 0.481 e. The van der Waals surface area contributed by atoms with Gasteiger partial charge >= 0.3 is 5.97 Å². The molecule has 0 spiro atoms. The summed E-state index contributed by atoms with van der Waals surface area (Å²) >= 11 is 1.16. The highest BCUT2D eigenvalue weighted by atomic mass is 32.2. The maximum atomic E-state index is 10.5. The van der Waals surface area contributed by atoms with E-state index in [4.69, 9.17) is 5.11 Å². The molecule has 0 radical (unpaired) electrons. The fourth-order valence-corrected chi connectivity index (χ4v) is 2.56. The number of hydrogen-bond donors (Lipinski definition) is 1. The molecule has 1 fully saturated rings. The normalized spacial score (nSPS) is 20.9. The minimum Gasteiger partial charge on any atom is -0.481 e. The number of carboxylic acids is 1. The first kappa shape index (κ1) is 12.3. The molecule has 0 saturated carbocycles. The summed E-state index contributed by atoms with van der Waals surface area (Å²) in [6, 6.07) is 0.447. The smallest absolute Gasteiger partial charge is 0.313 e. The van der Waals surface area contributed by atoms with Crippen LogP contribution in [0, 0.1) is 0 Å². The van der Waals surface area contributed by atoms with Gasteiger partial charge in [0.15, 0.2) is 0 Å². The first-order valence-corrected chi connectivity index (χ1v) is 6.46. The Bertz CT molecular complexity index is 396. The summed E-state index contributed by atoms with van der Waals surface area (Å²) in [5.74, 6) is -0.872. The molecule has 1 atom stereocenters. The zero-order valence-electron chi connectivity index (χ0n) is 9.61. The van der Waals surface area contributed by atoms with Crippen molar-refractivity contribution in [1.29, 1.82) is 0 Å². The van der Waals surface area contributed by atoms with Gasteiger partial charge in [-0.2, -0.15) is 0 Å². The van der Waals surface area contributed by atoms with Crippen molar-refractivity contribution in [2.24, 2.45) is 0 Å². The van der Waals surface area contributed by atoms with Gasteiger partial charge in [-0.05, 0) is 36.9 Å². The fourth-order valence-electron chi connectivity index (χ4n) is 1.95. The molecule has 17 heavy (non-hydrogen) atoms. The topological polar surface area (TPSA) is 84.1 Å². The molecule has 0 bridgehead atoms. The maximum absolute atomic E-state index is 10.5. The van der Waals surface area contributed by atoms with Crippen molar-refractivity contribution in [3.8, 4) is 0 Å². The Morgan fingerprint density at radius 1 is 1.65 bits per heavy atom. The molecular formula is C9H15N5O2S. The van der Waals surface area contributed by atoms with E-state index in [1.807, 2.05) is 0 Å². The number of carbonyl (C=O) groups is 1. The molecule has 2 heterocycles. The number of aliphatic carboxylic acids is 1. The third-order valence-corrected chi connectivity index (χ3v) is 3.82. The lowest BCUT2D eigenvalue weighted by Crippen LogP contribution is -2.30. The molecule has 94 valence electrons. The minimum atomic E-state index is -0.859. The summed E-state index contributed by atoms with van der Waals surface area (Å²) in [7, 11) is 2.09. The predicted octanol–water partition coefficient (Wildman–Crippen LogP) is -0.0560. The van der Waals surface area contributed by atoms with Crippen molar-refractivity contribution in [3.63, 3.8) is 0 Å². The Labute approximate surface area is 103 Å². The van der Waals surface area contributed by atoms with E-state index >= 15 is 0 Å². The molecule has 7 nitrogen and oxygen atoms in total. The molecule has 1 aromatic rings. The third kappa shape index (κ3) is 3.16. The summed E-state index contributed by atoms with van der Waals surface area (Å²) in [6.07, 6.45) is 2.33. The molecule has 1 aromatic heterocycles. The van der Waals surface area contributed by atoms with Gasteiger partial charge in [0.05, 0.1) is 12.3 Å². The number of likely N-dealkylation sites (tertiary alicyclic amines) is 1. The Morgan fingerprint density at radius 3 is 3.12 bits per heavy atom. The maximum Gasteiger partial charge on any atom is 0.313 e. The van der Waals surface area contributed by atoms with Crippen molar-refractivity contribution in [2.75, 3.05) is 19.3 Å². The van der Waals surface area contributed by atoms with Gasteiger partial charge in [0, 0.05) is 6.04 Å². The molecule has 1 saturated heterocycles. The van der Waals surface area contributed by atoms with Gasteiger partial charge in [-0.15, -0.1) is 5.10 Å². The second-order valence-electron chi connectivity index (χ2n) is 4.10. The van der Waals surface area contributed by atoms with Gasteiger partial charge in [0.25, 0.3) is 0 Å². The summed E-state index contributed by atoms with van der Waals surface area (Å²) in [5.41, 5.74) is 0. The van der Waals surface area contributed by atoms with Gasteiger partial charge in [-0.3, -0.25) is 4.79 Å². The van der Waals surface area contributed by atoms with Crippen LogP contribution in [0.25, 0.3) is 0 Å². The van der Waals surface area contributed by atoms with Gasteiger partial charge < -0.3 is 10.0 Å². The Balaban J connectivity index is 1.96. The number of rotatable bonds is 5. The van der Waals surface area contributed by atoms with Gasteiger partial charge in [-0.1, -0.05) is 11.8 Å². The van der Waals surface area contributed by atoms with Crippen LogP contribution in [0.1, 0.15) is 12.8 Å². The quantitative estimate of drug-likeness (QED) is 0.740. The van der Waals surface area contributed by atoms with Crippen molar-refractivity contribution in [1.82, 2.24) is 25.1 Å². The van der Waals surface area contributed by atoms with Crippen LogP contribution in [0.15, 0.2) is 5.16 Å². The zero-order chi connectivity index (χ0) is 12.3. The summed E-state index contributed by atoms with van der Waals surface area (Å²) in [5, 5.41) is 20.5. The predicted molar refractivity (Wildman–Crippen MR) is 61.8 cm³/mol. The first-order valence-electron chi connectivity index (χ1n) is 5.48. The standard InChI is InChI=1S/C9H15N5O2S/c1-13-4-2-3-7(13)5-14-9(10-11-12-14)17-6-8(15)16/h7H,2-6H2,1H3,(H,15,16). The Hall–Kier alpha value is -1.15. The van der Waals surface area contributed by atoms with E-state index in [1.54, 1.807) is 4.68 Å². The van der Waals surface area contributed by atoms with Crippen molar-refractivity contribution in [2.45, 2.75) is 30.6 Å². The van der Waals surface area contributed by atoms with E-state index < -0.39 is 5.97 Å². The van der Waals surface area contributed by atoms with Crippen LogP contribution >= 0.6 is 11.8 Å². The molecule has 1 unspecified atom stereocenters. The zero-order valence-corrected chi connectivity index (χ0v) is 10.4. The highest BCUT2D eigenvalue weighted by molar-refractivity contribution is 7.99. The third-order valence-electron chi connectivity index (χ3n) is 2.88. The molecule has 1 aliphatic heterocycles. The van der Waals surface area contributed by atoms with Crippen LogP contribution in [0.5, 0.6) is 0 Å². The van der Waals surface area contributed by atoms with Crippen LogP contribution < -0.4 is 0 Å². The van der Waals surface area contributed by atoms with Crippen LogP contribution in [-0.4, -0.2) is 61.6 Å². The molecule has 0 aliphatic carbocycles. The molecule has 0 amide bonds. The number of hydrogen-bond acceptors (Lipinski definition) is 6. The molecule has 0 aromatic carbocycles. The molecule has 1 N–H and O–H groups in total. The van der Waals surface area contributed by atoms with Gasteiger partial charge in [0.1, 0.15) is 0 Å². The van der Waals surface area contributed by atoms with E-state index in [0.29, 0.717) is 11.2 Å². The van der Waals surface area contributed by atoms with Crippen LogP contribution in [0.2, 0.25) is 0 Å². The van der Waals surface area contributed by atoms with E-state index in [1.165, 1.54) is 6.42 Å². The van der Waals surface area contributed by atoms with E-state index in [0.717, 1.165) is 31.3 Å². The first-order chi connectivity index (χ1) is 8.16. The monoisotopic (exact) mass is 257 g/mol. The number of thioether (sulfide) groups is 1. The fraction of sp³-hybridized carbons (Fsp3) is 0.778. The lowest BCUT2D eigenvalue weighted by atomic mass is 10.2. The lowest BCUT2D eigenvalue weighted by molar-refractivity contribution is -0.133. The highest BCUT2D eigenvalue weighted by Gasteiger charge is 2.23. The van der Waals surface area contributed by atoms with Crippen molar-refractivity contribution in [3.05, 3.63) is 0 Å². The van der Waals surface area contributed by atoms with Crippen LogP contribution in [0.3, 0.4) is 0 Å². The summed E-state index contributed by atoms with van der Waals surface area (Å²) in [6.45, 7) is 1.83. The van der Waals surface area contributed by atoms with Crippen molar-refractivity contribution >= 4 is 17.7 Å². The van der Waals surface area contributed by atoms with E-state index in [-0.39, 0.29) is 5.75 Å². The molecule has 8 heteroatoms. The number of tetrazole rings is 1. The van der Waals surface area contributed by atoms with Crippen LogP contribution in [0.4, 0.5) is 0 Å². The average molecular weight is 257 g/mol. The SMILES string of the molecule is CN1CCCC1Cn1nnnc1SCC(=O)O. The average Bonchev–Trinajstić information content (AvgIpc) is 2.87. The summed E-state index contributed by atoms with van der Waals surface area (Å²) in [4.78, 5) is 12.8. The Morgan fingerprint density at radius 2 is 2.47 bits per heavy atom. The van der Waals surface area contributed by atoms with Crippen LogP contribution in [-0.2, 0) is 11.3 Å². The van der Waals surface area contributed by atoms with Gasteiger partial charge in [-0.25, -0.2) is 4.68 Å². The van der Waals surface area contributed by atoms with Crippen molar-refractivity contribution < 1.29 is 9.90 Å². The number of nitrogens with zero attached hydrogens (tertiary/aromatic N) is 5. The molecule has 2 rings (SSSR count). The highest BCUT2D eigenvalue weighted by Crippen LogP contribution is 2.19. The second kappa shape index (κ2) is 5.46. The second-order valence-corrected chi connectivity index (χ2v) is 5.05. The van der Waals surface area contributed by atoms with Gasteiger partial charge in [0.2, 0.25) is 5.16 Å². The van der Waals surface area contributed by atoms with E-state index in [2.05, 4.69) is 27.5 Å².